The highest BCUT2D eigenvalue weighted by Crippen LogP contribution is 2.32. The molecular weight excluding hydrogens is 338 g/mol. The molecule has 2 atom stereocenters. The number of hydrogen-bond donors (Lipinski definition) is 0. The Hall–Kier alpha value is -0.720. The lowest BCUT2D eigenvalue weighted by molar-refractivity contribution is -0.140. The van der Waals surface area contributed by atoms with E-state index in [1.54, 1.807) is 0 Å². The van der Waals surface area contributed by atoms with E-state index in [2.05, 4.69) is 38.3 Å². The maximum Gasteiger partial charge on any atom is 0.227 e. The van der Waals surface area contributed by atoms with Crippen molar-refractivity contribution in [3.8, 4) is 0 Å². The first-order valence-electron chi connectivity index (χ1n) is 8.91. The first-order chi connectivity index (χ1) is 11.8. The fourth-order valence-corrected chi connectivity index (χ4v) is 6.69. The standard InChI is InChI=1S/C18H25N3OS2/c22-18-14-4-5-16(21(18)10-15-3-1-2-6-19-15)11-20(9-14)17-12-23-7-8-24-13-17/h1-3,6,14,16-17H,4-5,7-13H2/t14-,16+/m0/s1. The molecule has 0 N–H and O–H groups in total. The number of piperidine rings is 1. The molecule has 4 saturated heterocycles. The molecule has 0 spiro atoms. The van der Waals surface area contributed by atoms with Crippen LogP contribution in [0.25, 0.3) is 0 Å². The van der Waals surface area contributed by atoms with E-state index in [-0.39, 0.29) is 5.92 Å². The molecule has 5 rings (SSSR count). The molecule has 4 aliphatic heterocycles. The van der Waals surface area contributed by atoms with Gasteiger partial charge in [0.15, 0.2) is 0 Å². The van der Waals surface area contributed by atoms with Crippen LogP contribution >= 0.6 is 23.5 Å². The number of carbonyl (C=O) groups is 1. The van der Waals surface area contributed by atoms with E-state index in [0.717, 1.165) is 31.6 Å². The van der Waals surface area contributed by atoms with Crippen molar-refractivity contribution in [1.82, 2.24) is 14.8 Å². The minimum Gasteiger partial charge on any atom is -0.332 e. The van der Waals surface area contributed by atoms with Gasteiger partial charge in [-0.05, 0) is 25.0 Å². The Morgan fingerprint density at radius 3 is 2.67 bits per heavy atom. The molecule has 0 radical (unpaired) electrons. The second kappa shape index (κ2) is 7.67. The van der Waals surface area contributed by atoms with E-state index in [1.807, 2.05) is 24.4 Å². The van der Waals surface area contributed by atoms with Crippen molar-refractivity contribution < 1.29 is 4.79 Å². The van der Waals surface area contributed by atoms with Crippen LogP contribution in [0.15, 0.2) is 24.4 Å². The molecule has 0 saturated carbocycles. The molecule has 4 nitrogen and oxygen atoms in total. The fourth-order valence-electron chi connectivity index (χ4n) is 4.06. The Balaban J connectivity index is 1.50. The van der Waals surface area contributed by atoms with Crippen molar-refractivity contribution in [3.63, 3.8) is 0 Å². The van der Waals surface area contributed by atoms with Crippen LogP contribution in [0.4, 0.5) is 0 Å². The zero-order valence-electron chi connectivity index (χ0n) is 14.0. The van der Waals surface area contributed by atoms with Crippen LogP contribution in [-0.2, 0) is 11.3 Å². The van der Waals surface area contributed by atoms with Gasteiger partial charge in [-0.15, -0.1) is 0 Å². The number of rotatable bonds is 3. The lowest BCUT2D eigenvalue weighted by Crippen LogP contribution is -2.48. The predicted octanol–water partition coefficient (Wildman–Crippen LogP) is 2.35. The van der Waals surface area contributed by atoms with E-state index in [0.29, 0.717) is 24.5 Å². The summed E-state index contributed by atoms with van der Waals surface area (Å²) < 4.78 is 0. The van der Waals surface area contributed by atoms with Gasteiger partial charge in [-0.25, -0.2) is 0 Å². The smallest absolute Gasteiger partial charge is 0.227 e. The van der Waals surface area contributed by atoms with Crippen molar-refractivity contribution in [2.75, 3.05) is 36.1 Å². The Morgan fingerprint density at radius 2 is 1.92 bits per heavy atom. The van der Waals surface area contributed by atoms with E-state index < -0.39 is 0 Å². The number of carbonyl (C=O) groups excluding carboxylic acids is 1. The Labute approximate surface area is 152 Å². The molecule has 1 amide bonds. The van der Waals surface area contributed by atoms with Gasteiger partial charge < -0.3 is 4.90 Å². The van der Waals surface area contributed by atoms with E-state index >= 15 is 0 Å². The van der Waals surface area contributed by atoms with Gasteiger partial charge in [0.05, 0.1) is 18.2 Å². The number of aromatic nitrogens is 1. The van der Waals surface area contributed by atoms with Crippen LogP contribution in [0.3, 0.4) is 0 Å². The van der Waals surface area contributed by atoms with Gasteiger partial charge in [-0.2, -0.15) is 23.5 Å². The lowest BCUT2D eigenvalue weighted by atomic mass is 9.94. The Bertz CT molecular complexity index is 563. The summed E-state index contributed by atoms with van der Waals surface area (Å²) in [5.41, 5.74) is 1.01. The topological polar surface area (TPSA) is 36.4 Å². The first kappa shape index (κ1) is 16.7. The molecule has 0 aliphatic carbocycles. The molecule has 4 aliphatic rings. The average molecular weight is 364 g/mol. The third kappa shape index (κ3) is 3.60. The van der Waals surface area contributed by atoms with Crippen molar-refractivity contribution in [3.05, 3.63) is 30.1 Å². The second-order valence-corrected chi connectivity index (χ2v) is 9.27. The van der Waals surface area contributed by atoms with E-state index in [1.165, 1.54) is 23.0 Å². The van der Waals surface area contributed by atoms with Crippen molar-refractivity contribution in [2.45, 2.75) is 31.5 Å². The fraction of sp³-hybridized carbons (Fsp3) is 0.667. The quantitative estimate of drug-likeness (QED) is 0.824. The van der Waals surface area contributed by atoms with Gasteiger partial charge >= 0.3 is 0 Å². The molecule has 24 heavy (non-hydrogen) atoms. The Morgan fingerprint density at radius 1 is 1.08 bits per heavy atom. The van der Waals surface area contributed by atoms with Gasteiger partial charge in [0.1, 0.15) is 0 Å². The number of amides is 1. The second-order valence-electron chi connectivity index (χ2n) is 6.97. The Kier molecular flexibility index (Phi) is 5.34. The van der Waals surface area contributed by atoms with Crippen molar-refractivity contribution in [1.29, 1.82) is 0 Å². The molecule has 0 unspecified atom stereocenters. The monoisotopic (exact) mass is 363 g/mol. The van der Waals surface area contributed by atoms with Crippen LogP contribution < -0.4 is 0 Å². The SMILES string of the molecule is O=C1[C@H]2CC[C@H](CN(C3CSCCSC3)C2)N1Cc1ccccn1. The van der Waals surface area contributed by atoms with Crippen LogP contribution in [-0.4, -0.2) is 68.9 Å². The van der Waals surface area contributed by atoms with Gasteiger partial charge in [-0.3, -0.25) is 14.7 Å². The van der Waals surface area contributed by atoms with Crippen LogP contribution in [0, 0.1) is 5.92 Å². The third-order valence-corrected chi connectivity index (χ3v) is 7.87. The molecule has 0 aromatic carbocycles. The van der Waals surface area contributed by atoms with E-state index in [9.17, 15) is 4.79 Å². The van der Waals surface area contributed by atoms with Crippen LogP contribution in [0.1, 0.15) is 18.5 Å². The minimum atomic E-state index is 0.186. The third-order valence-electron chi connectivity index (χ3n) is 5.39. The van der Waals surface area contributed by atoms with Gasteiger partial charge in [-0.1, -0.05) is 6.07 Å². The summed E-state index contributed by atoms with van der Waals surface area (Å²) in [5.74, 6) is 5.53. The minimum absolute atomic E-state index is 0.186. The molecule has 2 bridgehead atoms. The number of hydrogen-bond acceptors (Lipinski definition) is 5. The zero-order valence-corrected chi connectivity index (χ0v) is 15.6. The largest absolute Gasteiger partial charge is 0.332 e. The molecule has 4 fully saturated rings. The summed E-state index contributed by atoms with van der Waals surface area (Å²) in [6, 6.07) is 6.96. The average Bonchev–Trinajstić information content (AvgIpc) is 3.04. The predicted molar refractivity (Wildman–Crippen MR) is 101 cm³/mol. The highest BCUT2D eigenvalue weighted by atomic mass is 32.2. The molecule has 5 heterocycles. The van der Waals surface area contributed by atoms with E-state index in [4.69, 9.17) is 0 Å². The number of pyridine rings is 1. The van der Waals surface area contributed by atoms with Gasteiger partial charge in [0, 0.05) is 54.4 Å². The zero-order chi connectivity index (χ0) is 16.4. The maximum absolute atomic E-state index is 13.0. The maximum atomic E-state index is 13.0. The van der Waals surface area contributed by atoms with Crippen LogP contribution in [0.2, 0.25) is 0 Å². The molecule has 1 aromatic heterocycles. The molecule has 1 aromatic rings. The molecule has 130 valence electrons. The highest BCUT2D eigenvalue weighted by molar-refractivity contribution is 8.03. The summed E-state index contributed by atoms with van der Waals surface area (Å²) in [6.45, 7) is 2.67. The molecule has 6 heteroatoms. The number of thioether (sulfide) groups is 2. The van der Waals surface area contributed by atoms with Crippen LogP contribution in [0.5, 0.6) is 0 Å². The summed E-state index contributed by atoms with van der Waals surface area (Å²) in [7, 11) is 0. The van der Waals surface area contributed by atoms with Gasteiger partial charge in [0.2, 0.25) is 5.91 Å². The summed E-state index contributed by atoms with van der Waals surface area (Å²) >= 11 is 4.16. The van der Waals surface area contributed by atoms with Crippen molar-refractivity contribution >= 4 is 29.4 Å². The number of fused-ring (bicyclic) bond motifs is 4. The number of nitrogens with zero attached hydrogens (tertiary/aromatic N) is 3. The lowest BCUT2D eigenvalue weighted by Gasteiger charge is -2.36. The van der Waals surface area contributed by atoms with Gasteiger partial charge in [0.25, 0.3) is 0 Å². The summed E-state index contributed by atoms with van der Waals surface area (Å²) in [5, 5.41) is 0. The first-order valence-corrected chi connectivity index (χ1v) is 11.2. The highest BCUT2D eigenvalue weighted by Gasteiger charge is 2.42. The van der Waals surface area contributed by atoms with Crippen molar-refractivity contribution in [2.24, 2.45) is 5.92 Å². The molecular formula is C18H25N3OS2. The summed E-state index contributed by atoms with van der Waals surface area (Å²) in [4.78, 5) is 22.1. The summed E-state index contributed by atoms with van der Waals surface area (Å²) in [6.07, 6.45) is 4.03. The normalized spacial score (nSPS) is 29.5.